The molecule has 4 nitrogen and oxygen atoms in total. The van der Waals surface area contributed by atoms with Crippen molar-refractivity contribution in [1.82, 2.24) is 0 Å². The maximum absolute atomic E-state index is 12.7. The van der Waals surface area contributed by atoms with Gasteiger partial charge in [0.25, 0.3) is 0 Å². The summed E-state index contributed by atoms with van der Waals surface area (Å²) in [6.07, 6.45) is 0. The summed E-state index contributed by atoms with van der Waals surface area (Å²) in [7, 11) is -3.56. The van der Waals surface area contributed by atoms with Crippen molar-refractivity contribution >= 4 is 21.2 Å². The lowest BCUT2D eigenvalue weighted by Crippen LogP contribution is -2.01. The summed E-state index contributed by atoms with van der Waals surface area (Å²) in [5.74, 6) is 0. The monoisotopic (exact) mass is 336 g/mol. The number of sulfone groups is 1. The molecule has 0 spiro atoms. The second-order valence-corrected chi connectivity index (χ2v) is 7.30. The number of hydrogen-bond acceptors (Lipinski definition) is 4. The van der Waals surface area contributed by atoms with Gasteiger partial charge in [-0.05, 0) is 49.4 Å². The molecule has 0 fully saturated rings. The van der Waals surface area contributed by atoms with Crippen molar-refractivity contribution in [2.24, 2.45) is 10.2 Å². The lowest BCUT2D eigenvalue weighted by atomic mass is 10.2. The molecule has 0 aromatic heterocycles. The van der Waals surface area contributed by atoms with E-state index in [9.17, 15) is 8.42 Å². The fraction of sp³-hybridized carbons (Fsp3) is 0.0526. The third-order valence-corrected chi connectivity index (χ3v) is 5.26. The van der Waals surface area contributed by atoms with E-state index in [1.54, 1.807) is 42.5 Å². The molecule has 0 aliphatic rings. The van der Waals surface area contributed by atoms with Crippen molar-refractivity contribution in [2.45, 2.75) is 16.7 Å². The first kappa shape index (κ1) is 16.1. The Hall–Kier alpha value is -2.79. The van der Waals surface area contributed by atoms with Crippen LogP contribution in [0.1, 0.15) is 5.56 Å². The minimum Gasteiger partial charge on any atom is -0.219 e. The molecule has 0 atom stereocenters. The molecule has 0 aliphatic heterocycles. The molecule has 24 heavy (non-hydrogen) atoms. The predicted molar refractivity (Wildman–Crippen MR) is 93.7 cm³/mol. The maximum Gasteiger partial charge on any atom is 0.206 e. The molecule has 0 N–H and O–H groups in total. The van der Waals surface area contributed by atoms with Crippen LogP contribution in [0.2, 0.25) is 0 Å². The molecule has 0 saturated heterocycles. The quantitative estimate of drug-likeness (QED) is 0.611. The summed E-state index contributed by atoms with van der Waals surface area (Å²) in [4.78, 5) is 0.473. The number of azo groups is 1. The lowest BCUT2D eigenvalue weighted by Gasteiger charge is -2.05. The fourth-order valence-corrected chi connectivity index (χ4v) is 3.48. The molecule has 0 unspecified atom stereocenters. The molecule has 120 valence electrons. The second kappa shape index (κ2) is 6.76. The van der Waals surface area contributed by atoms with Gasteiger partial charge in [0.05, 0.1) is 21.2 Å². The largest absolute Gasteiger partial charge is 0.219 e. The Kier molecular flexibility index (Phi) is 4.53. The summed E-state index contributed by atoms with van der Waals surface area (Å²) in [6, 6.07) is 22.6. The number of hydrogen-bond donors (Lipinski definition) is 0. The van der Waals surface area contributed by atoms with Crippen molar-refractivity contribution in [3.05, 3.63) is 84.4 Å². The molecule has 0 bridgehead atoms. The van der Waals surface area contributed by atoms with Gasteiger partial charge in [0.1, 0.15) is 0 Å². The smallest absolute Gasteiger partial charge is 0.206 e. The number of rotatable bonds is 4. The predicted octanol–water partition coefficient (Wildman–Crippen LogP) is 5.24. The average molecular weight is 336 g/mol. The lowest BCUT2D eigenvalue weighted by molar-refractivity contribution is 0.596. The maximum atomic E-state index is 12.7. The molecule has 3 rings (SSSR count). The zero-order valence-electron chi connectivity index (χ0n) is 13.1. The Balaban J connectivity index is 1.93. The van der Waals surface area contributed by atoms with Crippen LogP contribution in [-0.2, 0) is 9.84 Å². The zero-order chi connectivity index (χ0) is 17.0. The topological polar surface area (TPSA) is 58.9 Å². The second-order valence-electron chi connectivity index (χ2n) is 5.35. The van der Waals surface area contributed by atoms with E-state index in [2.05, 4.69) is 10.2 Å². The molecular formula is C19H16N2O2S. The van der Waals surface area contributed by atoms with E-state index in [0.29, 0.717) is 11.4 Å². The van der Waals surface area contributed by atoms with Crippen LogP contribution in [0.5, 0.6) is 0 Å². The van der Waals surface area contributed by atoms with Crippen molar-refractivity contribution in [2.75, 3.05) is 0 Å². The van der Waals surface area contributed by atoms with E-state index < -0.39 is 9.84 Å². The molecule has 3 aromatic rings. The van der Waals surface area contributed by atoms with Gasteiger partial charge in [0.2, 0.25) is 9.84 Å². The molecule has 0 heterocycles. The highest BCUT2D eigenvalue weighted by atomic mass is 32.2. The van der Waals surface area contributed by atoms with Gasteiger partial charge in [-0.1, -0.05) is 42.0 Å². The standard InChI is InChI=1S/C19H16N2O2S/c1-15-10-12-18(13-11-15)24(22,23)19-9-5-8-17(14-19)21-20-16-6-3-2-4-7-16/h2-14H,1H3. The Bertz CT molecular complexity index is 964. The summed E-state index contributed by atoms with van der Waals surface area (Å²) in [5.41, 5.74) is 2.22. The minimum absolute atomic E-state index is 0.205. The van der Waals surface area contributed by atoms with Crippen molar-refractivity contribution in [1.29, 1.82) is 0 Å². The highest BCUT2D eigenvalue weighted by Gasteiger charge is 2.17. The fourth-order valence-electron chi connectivity index (χ4n) is 2.18. The van der Waals surface area contributed by atoms with Crippen LogP contribution < -0.4 is 0 Å². The van der Waals surface area contributed by atoms with E-state index >= 15 is 0 Å². The number of nitrogens with zero attached hydrogens (tertiary/aromatic N) is 2. The molecule has 0 radical (unpaired) electrons. The number of aryl methyl sites for hydroxylation is 1. The third kappa shape index (κ3) is 3.58. The molecule has 5 heteroatoms. The van der Waals surface area contributed by atoms with E-state index in [0.717, 1.165) is 5.56 Å². The minimum atomic E-state index is -3.56. The molecule has 0 aliphatic carbocycles. The zero-order valence-corrected chi connectivity index (χ0v) is 13.9. The van der Waals surface area contributed by atoms with Crippen LogP contribution in [0.4, 0.5) is 11.4 Å². The van der Waals surface area contributed by atoms with Crippen LogP contribution >= 0.6 is 0 Å². The normalized spacial score (nSPS) is 11.7. The highest BCUT2D eigenvalue weighted by Crippen LogP contribution is 2.25. The summed E-state index contributed by atoms with van der Waals surface area (Å²) in [6.45, 7) is 1.92. The highest BCUT2D eigenvalue weighted by molar-refractivity contribution is 7.91. The van der Waals surface area contributed by atoms with Gasteiger partial charge in [-0.15, -0.1) is 0 Å². The van der Waals surface area contributed by atoms with Crippen LogP contribution in [0.25, 0.3) is 0 Å². The Morgan fingerprint density at radius 3 is 2.00 bits per heavy atom. The number of benzene rings is 3. The summed E-state index contributed by atoms with van der Waals surface area (Å²) < 4.78 is 25.4. The Morgan fingerprint density at radius 2 is 1.29 bits per heavy atom. The van der Waals surface area contributed by atoms with E-state index in [1.807, 2.05) is 37.3 Å². The van der Waals surface area contributed by atoms with Crippen LogP contribution in [0.15, 0.2) is 98.9 Å². The van der Waals surface area contributed by atoms with Crippen LogP contribution in [-0.4, -0.2) is 8.42 Å². The van der Waals surface area contributed by atoms with E-state index in [4.69, 9.17) is 0 Å². The summed E-state index contributed by atoms with van der Waals surface area (Å²) >= 11 is 0. The van der Waals surface area contributed by atoms with Gasteiger partial charge in [0, 0.05) is 0 Å². The van der Waals surface area contributed by atoms with E-state index in [-0.39, 0.29) is 9.79 Å². The van der Waals surface area contributed by atoms with Gasteiger partial charge >= 0.3 is 0 Å². The third-order valence-electron chi connectivity index (χ3n) is 3.50. The molecule has 0 amide bonds. The van der Waals surface area contributed by atoms with Crippen LogP contribution in [0, 0.1) is 6.92 Å². The molecule has 0 saturated carbocycles. The van der Waals surface area contributed by atoms with Gasteiger partial charge < -0.3 is 0 Å². The van der Waals surface area contributed by atoms with Gasteiger partial charge in [-0.3, -0.25) is 0 Å². The Labute approximate surface area is 141 Å². The molecule has 3 aromatic carbocycles. The first-order valence-electron chi connectivity index (χ1n) is 7.44. The Morgan fingerprint density at radius 1 is 0.667 bits per heavy atom. The van der Waals surface area contributed by atoms with E-state index in [1.165, 1.54) is 6.07 Å². The first-order chi connectivity index (χ1) is 11.6. The van der Waals surface area contributed by atoms with Crippen molar-refractivity contribution in [3.8, 4) is 0 Å². The first-order valence-corrected chi connectivity index (χ1v) is 8.93. The molecular weight excluding hydrogens is 320 g/mol. The van der Waals surface area contributed by atoms with Crippen LogP contribution in [0.3, 0.4) is 0 Å². The average Bonchev–Trinajstić information content (AvgIpc) is 2.61. The van der Waals surface area contributed by atoms with Gasteiger partial charge in [-0.2, -0.15) is 10.2 Å². The van der Waals surface area contributed by atoms with Gasteiger partial charge in [-0.25, -0.2) is 8.42 Å². The van der Waals surface area contributed by atoms with Crippen molar-refractivity contribution < 1.29 is 8.42 Å². The van der Waals surface area contributed by atoms with Gasteiger partial charge in [0.15, 0.2) is 0 Å². The SMILES string of the molecule is Cc1ccc(S(=O)(=O)c2cccc(N=Nc3ccccc3)c2)cc1. The van der Waals surface area contributed by atoms with Crippen molar-refractivity contribution in [3.63, 3.8) is 0 Å². The summed E-state index contributed by atoms with van der Waals surface area (Å²) in [5, 5.41) is 8.23.